The molecule has 6 rings (SSSR count). The first kappa shape index (κ1) is 19.0. The Kier molecular flexibility index (Phi) is 4.26. The number of aliphatic hydroxyl groups is 1. The van der Waals surface area contributed by atoms with Crippen LogP contribution in [0.15, 0.2) is 84.9 Å². The molecule has 1 N–H and O–H groups in total. The second-order valence-electron chi connectivity index (χ2n) is 8.23. The fourth-order valence-corrected chi connectivity index (χ4v) is 4.92. The first-order valence-electron chi connectivity index (χ1n) is 10.6. The highest BCUT2D eigenvalue weighted by Crippen LogP contribution is 2.32. The number of rotatable bonds is 4. The average molecular weight is 426 g/mol. The summed E-state index contributed by atoms with van der Waals surface area (Å²) in [5, 5.41) is 14.7. The minimum absolute atomic E-state index is 0.279. The molecular formula is C27H20F2N2O. The third kappa shape index (κ3) is 2.89. The number of aliphatic hydroxyl groups excluding tert-OH is 1. The molecule has 0 amide bonds. The highest BCUT2D eigenvalue weighted by Gasteiger charge is 2.17. The lowest BCUT2D eigenvalue weighted by Crippen LogP contribution is -2.22. The zero-order chi connectivity index (χ0) is 21.8. The van der Waals surface area contributed by atoms with E-state index < -0.39 is 6.10 Å². The van der Waals surface area contributed by atoms with Gasteiger partial charge in [-0.15, -0.1) is 0 Å². The Balaban J connectivity index is 1.44. The van der Waals surface area contributed by atoms with E-state index in [0.29, 0.717) is 13.1 Å². The maximum absolute atomic E-state index is 13.9. The Morgan fingerprint density at radius 3 is 1.44 bits per heavy atom. The van der Waals surface area contributed by atoms with Gasteiger partial charge in [0.05, 0.1) is 19.2 Å². The van der Waals surface area contributed by atoms with Crippen molar-refractivity contribution < 1.29 is 13.9 Å². The van der Waals surface area contributed by atoms with Gasteiger partial charge < -0.3 is 14.2 Å². The van der Waals surface area contributed by atoms with Crippen molar-refractivity contribution in [3.63, 3.8) is 0 Å². The number of nitrogens with zero attached hydrogens (tertiary/aromatic N) is 2. The van der Waals surface area contributed by atoms with Crippen molar-refractivity contribution >= 4 is 43.6 Å². The lowest BCUT2D eigenvalue weighted by molar-refractivity contribution is 0.140. The number of para-hydroxylation sites is 2. The van der Waals surface area contributed by atoms with Gasteiger partial charge in [0.2, 0.25) is 0 Å². The molecule has 2 aromatic heterocycles. The van der Waals surface area contributed by atoms with E-state index in [0.717, 1.165) is 43.6 Å². The van der Waals surface area contributed by atoms with Crippen molar-refractivity contribution in [2.45, 2.75) is 19.2 Å². The fraction of sp³-hybridized carbons (Fsp3) is 0.111. The van der Waals surface area contributed by atoms with Crippen LogP contribution in [-0.2, 0) is 13.1 Å². The summed E-state index contributed by atoms with van der Waals surface area (Å²) in [5.41, 5.74) is 3.68. The van der Waals surface area contributed by atoms with Crippen molar-refractivity contribution in [1.82, 2.24) is 9.13 Å². The minimum Gasteiger partial charge on any atom is -0.389 e. The Morgan fingerprint density at radius 2 is 0.969 bits per heavy atom. The van der Waals surface area contributed by atoms with E-state index in [4.69, 9.17) is 0 Å². The summed E-state index contributed by atoms with van der Waals surface area (Å²) < 4.78 is 31.9. The Morgan fingerprint density at radius 1 is 0.562 bits per heavy atom. The van der Waals surface area contributed by atoms with Crippen LogP contribution < -0.4 is 0 Å². The van der Waals surface area contributed by atoms with Gasteiger partial charge in [-0.2, -0.15) is 0 Å². The first-order valence-corrected chi connectivity index (χ1v) is 10.6. The van der Waals surface area contributed by atoms with Crippen molar-refractivity contribution in [3.8, 4) is 0 Å². The first-order chi connectivity index (χ1) is 15.6. The molecule has 0 bridgehead atoms. The van der Waals surface area contributed by atoms with Crippen LogP contribution in [0, 0.1) is 11.6 Å². The molecule has 0 atom stereocenters. The van der Waals surface area contributed by atoms with Crippen molar-refractivity contribution in [2.75, 3.05) is 0 Å². The maximum atomic E-state index is 13.9. The zero-order valence-corrected chi connectivity index (χ0v) is 17.2. The van der Waals surface area contributed by atoms with Gasteiger partial charge in [0, 0.05) is 43.6 Å². The Bertz CT molecular complexity index is 1510. The second kappa shape index (κ2) is 7.18. The number of hydrogen-bond acceptors (Lipinski definition) is 1. The van der Waals surface area contributed by atoms with E-state index in [-0.39, 0.29) is 11.6 Å². The van der Waals surface area contributed by atoms with Crippen LogP contribution in [0.25, 0.3) is 43.6 Å². The average Bonchev–Trinajstić information content (AvgIpc) is 3.27. The lowest BCUT2D eigenvalue weighted by Gasteiger charge is -2.16. The van der Waals surface area contributed by atoms with Gasteiger partial charge in [-0.25, -0.2) is 8.78 Å². The molecule has 158 valence electrons. The highest BCUT2D eigenvalue weighted by molar-refractivity contribution is 6.09. The molecule has 0 radical (unpaired) electrons. The summed E-state index contributed by atoms with van der Waals surface area (Å²) in [6.07, 6.45) is -0.705. The van der Waals surface area contributed by atoms with Crippen LogP contribution in [0.4, 0.5) is 8.78 Å². The van der Waals surface area contributed by atoms with E-state index in [2.05, 4.69) is 0 Å². The molecule has 4 aromatic carbocycles. The summed E-state index contributed by atoms with van der Waals surface area (Å²) in [7, 11) is 0. The molecule has 5 heteroatoms. The van der Waals surface area contributed by atoms with Gasteiger partial charge in [0.15, 0.2) is 0 Å². The number of benzene rings is 4. The van der Waals surface area contributed by atoms with E-state index in [9.17, 15) is 13.9 Å². The number of halogens is 2. The van der Waals surface area contributed by atoms with Gasteiger partial charge in [-0.1, -0.05) is 36.4 Å². The molecule has 0 spiro atoms. The highest BCUT2D eigenvalue weighted by atomic mass is 19.1. The van der Waals surface area contributed by atoms with Crippen LogP contribution in [0.5, 0.6) is 0 Å². The SMILES string of the molecule is OC(Cn1c2ccccc2c2cc(F)ccc21)Cn1c2ccccc2c2cc(F)ccc21. The molecule has 0 aliphatic heterocycles. The normalized spacial score (nSPS) is 12.1. The standard InChI is InChI=1S/C27H20F2N2O/c28-17-9-11-26-22(13-17)20-5-1-3-7-24(20)30(26)15-19(32)16-31-25-8-4-2-6-21(25)23-14-18(29)10-12-27(23)31/h1-14,19,32H,15-16H2. The predicted molar refractivity (Wildman–Crippen MR) is 125 cm³/mol. The summed E-state index contributed by atoms with van der Waals surface area (Å²) in [6.45, 7) is 0.704. The van der Waals surface area contributed by atoms with Crippen LogP contribution in [0.1, 0.15) is 0 Å². The molecule has 0 fully saturated rings. The van der Waals surface area contributed by atoms with Crippen LogP contribution in [0.3, 0.4) is 0 Å². The van der Waals surface area contributed by atoms with Crippen LogP contribution in [-0.4, -0.2) is 20.3 Å². The predicted octanol–water partition coefficient (Wildman–Crippen LogP) is 6.24. The number of hydrogen-bond donors (Lipinski definition) is 1. The van der Waals surface area contributed by atoms with E-state index in [1.54, 1.807) is 24.3 Å². The second-order valence-corrected chi connectivity index (χ2v) is 8.23. The molecule has 6 aromatic rings. The number of aromatic nitrogens is 2. The summed E-state index contributed by atoms with van der Waals surface area (Å²) in [5.74, 6) is -0.558. The lowest BCUT2D eigenvalue weighted by atomic mass is 10.1. The van der Waals surface area contributed by atoms with Crippen molar-refractivity contribution in [3.05, 3.63) is 96.6 Å². The third-order valence-electron chi connectivity index (χ3n) is 6.26. The molecule has 3 nitrogen and oxygen atoms in total. The van der Waals surface area contributed by atoms with Crippen LogP contribution in [0.2, 0.25) is 0 Å². The largest absolute Gasteiger partial charge is 0.389 e. The Hall–Kier alpha value is -3.70. The van der Waals surface area contributed by atoms with Crippen molar-refractivity contribution in [2.24, 2.45) is 0 Å². The molecule has 0 saturated heterocycles. The van der Waals surface area contributed by atoms with E-state index in [1.807, 2.05) is 57.7 Å². The zero-order valence-electron chi connectivity index (χ0n) is 17.2. The minimum atomic E-state index is -0.705. The summed E-state index contributed by atoms with van der Waals surface area (Å²) in [4.78, 5) is 0. The topological polar surface area (TPSA) is 30.1 Å². The van der Waals surface area contributed by atoms with Gasteiger partial charge in [0.25, 0.3) is 0 Å². The monoisotopic (exact) mass is 426 g/mol. The summed E-state index contributed by atoms with van der Waals surface area (Å²) in [6, 6.07) is 25.2. The molecule has 0 unspecified atom stereocenters. The van der Waals surface area contributed by atoms with Gasteiger partial charge >= 0.3 is 0 Å². The molecule has 2 heterocycles. The molecule has 0 aliphatic carbocycles. The quantitative estimate of drug-likeness (QED) is 0.355. The third-order valence-corrected chi connectivity index (χ3v) is 6.26. The van der Waals surface area contributed by atoms with Crippen molar-refractivity contribution in [1.29, 1.82) is 0 Å². The molecular weight excluding hydrogens is 406 g/mol. The fourth-order valence-electron chi connectivity index (χ4n) is 4.92. The van der Waals surface area contributed by atoms with Gasteiger partial charge in [0.1, 0.15) is 11.6 Å². The molecule has 0 saturated carbocycles. The van der Waals surface area contributed by atoms with Gasteiger partial charge in [-0.05, 0) is 48.5 Å². The van der Waals surface area contributed by atoms with E-state index >= 15 is 0 Å². The Labute approximate surface area is 182 Å². The maximum Gasteiger partial charge on any atom is 0.123 e. The molecule has 0 aliphatic rings. The van der Waals surface area contributed by atoms with Crippen LogP contribution >= 0.6 is 0 Å². The number of fused-ring (bicyclic) bond motifs is 6. The van der Waals surface area contributed by atoms with E-state index in [1.165, 1.54) is 12.1 Å². The summed E-state index contributed by atoms with van der Waals surface area (Å²) >= 11 is 0. The van der Waals surface area contributed by atoms with Gasteiger partial charge in [-0.3, -0.25) is 0 Å². The molecule has 32 heavy (non-hydrogen) atoms. The smallest absolute Gasteiger partial charge is 0.123 e.